The Morgan fingerprint density at radius 3 is 2.23 bits per heavy atom. The van der Waals surface area contributed by atoms with Crippen molar-refractivity contribution in [1.82, 2.24) is 0 Å². The molecular weight excluding hydrogens is 510 g/mol. The Balaban J connectivity index is 1.87. The molecule has 1 amide bonds. The second-order valence-corrected chi connectivity index (χ2v) is 13.9. The van der Waals surface area contributed by atoms with E-state index >= 15 is 0 Å². The molecule has 0 aromatic carbocycles. The van der Waals surface area contributed by atoms with Crippen molar-refractivity contribution in [3.8, 4) is 11.8 Å². The molecule has 0 radical (unpaired) electrons. The molecule has 2 atom stereocenters. The van der Waals surface area contributed by atoms with E-state index in [9.17, 15) is 19.5 Å². The molecule has 1 N–H and O–H groups in total. The molecule has 3 rings (SSSR count). The number of carbonyl (C=O) groups excluding carboxylic acids is 2. The van der Waals surface area contributed by atoms with Crippen LogP contribution in [0.2, 0.25) is 0 Å². The number of carboxylic acids is 1. The number of esters is 1. The summed E-state index contributed by atoms with van der Waals surface area (Å²) >= 11 is 1.15. The smallest absolute Gasteiger partial charge is 0.348 e. The standard InChI is InChI=1S/C32H47NO5S/c1-8-21(3)22(4)31(37)38-25-15-13-24(14-16-25)33(29(34)23-11-9-20(2)10-12-23)27-19-26(17-18-32(5,6)7)39-28(27)30(35)36/h19-25H,8-16H2,1-7H3,(H,35,36)/t20?,21-,22-,23?,24?,25?/m0/s1. The molecule has 0 bridgehead atoms. The van der Waals surface area contributed by atoms with Gasteiger partial charge in [-0.25, -0.2) is 4.79 Å². The number of rotatable bonds is 8. The van der Waals surface area contributed by atoms with E-state index in [4.69, 9.17) is 4.74 Å². The average molecular weight is 558 g/mol. The molecule has 1 aromatic rings. The van der Waals surface area contributed by atoms with Crippen LogP contribution in [-0.4, -0.2) is 35.1 Å². The molecular formula is C32H47NO5S. The fraction of sp³-hybridized carbons (Fsp3) is 0.719. The van der Waals surface area contributed by atoms with Crippen LogP contribution in [0.15, 0.2) is 6.07 Å². The van der Waals surface area contributed by atoms with Crippen molar-refractivity contribution < 1.29 is 24.2 Å². The Morgan fingerprint density at radius 1 is 1.08 bits per heavy atom. The van der Waals surface area contributed by atoms with Gasteiger partial charge in [-0.1, -0.05) is 46.0 Å². The van der Waals surface area contributed by atoms with Gasteiger partial charge in [0.25, 0.3) is 0 Å². The molecule has 0 unspecified atom stereocenters. The number of ether oxygens (including phenoxy) is 1. The third-order valence-corrected chi connectivity index (χ3v) is 9.52. The molecule has 2 saturated carbocycles. The Kier molecular flexibility index (Phi) is 10.7. The maximum atomic E-state index is 14.1. The van der Waals surface area contributed by atoms with Crippen LogP contribution in [0.25, 0.3) is 0 Å². The summed E-state index contributed by atoms with van der Waals surface area (Å²) in [6, 6.07) is 1.67. The first-order valence-corrected chi connectivity index (χ1v) is 15.6. The lowest BCUT2D eigenvalue weighted by Crippen LogP contribution is -2.47. The molecule has 0 saturated heterocycles. The first kappa shape index (κ1) is 31.2. The summed E-state index contributed by atoms with van der Waals surface area (Å²) in [4.78, 5) is 41.7. The molecule has 2 aliphatic carbocycles. The van der Waals surface area contributed by atoms with Crippen LogP contribution in [-0.2, 0) is 14.3 Å². The van der Waals surface area contributed by atoms with Gasteiger partial charge < -0.3 is 14.7 Å². The molecule has 1 aromatic heterocycles. The van der Waals surface area contributed by atoms with Crippen LogP contribution in [0.4, 0.5) is 5.69 Å². The van der Waals surface area contributed by atoms with Crippen LogP contribution < -0.4 is 4.90 Å². The number of carboxylic acid groups (broad SMARTS) is 1. The van der Waals surface area contributed by atoms with E-state index in [0.29, 0.717) is 42.2 Å². The minimum atomic E-state index is -1.03. The molecule has 1 heterocycles. The molecule has 216 valence electrons. The summed E-state index contributed by atoms with van der Waals surface area (Å²) in [5, 5.41) is 10.1. The first-order chi connectivity index (χ1) is 18.3. The van der Waals surface area contributed by atoms with Gasteiger partial charge >= 0.3 is 11.9 Å². The van der Waals surface area contributed by atoms with Crippen LogP contribution in [0.1, 0.15) is 121 Å². The van der Waals surface area contributed by atoms with Crippen LogP contribution >= 0.6 is 11.3 Å². The van der Waals surface area contributed by atoms with Crippen LogP contribution in [0.3, 0.4) is 0 Å². The zero-order valence-electron chi connectivity index (χ0n) is 24.8. The van der Waals surface area contributed by atoms with Crippen molar-refractivity contribution in [1.29, 1.82) is 0 Å². The highest BCUT2D eigenvalue weighted by atomic mass is 32.1. The van der Waals surface area contributed by atoms with Gasteiger partial charge in [0.1, 0.15) is 11.0 Å². The molecule has 39 heavy (non-hydrogen) atoms. The number of aromatic carboxylic acids is 1. The molecule has 7 heteroatoms. The van der Waals surface area contributed by atoms with E-state index in [0.717, 1.165) is 43.4 Å². The maximum absolute atomic E-state index is 14.1. The predicted octanol–water partition coefficient (Wildman–Crippen LogP) is 7.54. The Labute approximate surface area is 238 Å². The lowest BCUT2D eigenvalue weighted by atomic mass is 9.81. The lowest BCUT2D eigenvalue weighted by Gasteiger charge is -2.39. The number of amides is 1. The third kappa shape index (κ3) is 8.33. The van der Waals surface area contributed by atoms with Crippen molar-refractivity contribution in [3.05, 3.63) is 15.8 Å². The number of anilines is 1. The SMILES string of the molecule is CC[C@H](C)[C@H](C)C(=O)OC1CCC(N(C(=O)C2CCC(C)CC2)c2cc(C#CC(C)(C)C)sc2C(=O)O)CC1. The van der Waals surface area contributed by atoms with E-state index in [1.807, 2.05) is 27.7 Å². The summed E-state index contributed by atoms with van der Waals surface area (Å²) in [6.07, 6.45) is 7.12. The molecule has 0 spiro atoms. The van der Waals surface area contributed by atoms with Gasteiger partial charge in [0, 0.05) is 17.4 Å². The monoisotopic (exact) mass is 557 g/mol. The normalized spacial score (nSPS) is 25.1. The minimum Gasteiger partial charge on any atom is -0.477 e. The van der Waals surface area contributed by atoms with E-state index in [2.05, 4.69) is 32.6 Å². The fourth-order valence-corrected chi connectivity index (χ4v) is 6.34. The van der Waals surface area contributed by atoms with Crippen molar-refractivity contribution in [3.63, 3.8) is 0 Å². The van der Waals surface area contributed by atoms with Crippen molar-refractivity contribution in [2.45, 2.75) is 118 Å². The first-order valence-electron chi connectivity index (χ1n) is 14.7. The average Bonchev–Trinajstić information content (AvgIpc) is 3.32. The highest BCUT2D eigenvalue weighted by molar-refractivity contribution is 7.15. The van der Waals surface area contributed by atoms with E-state index in [-0.39, 0.29) is 52.1 Å². The summed E-state index contributed by atoms with van der Waals surface area (Å²) in [5.74, 6) is 5.83. The van der Waals surface area contributed by atoms with Gasteiger partial charge in [-0.15, -0.1) is 11.3 Å². The summed E-state index contributed by atoms with van der Waals surface area (Å²) in [7, 11) is 0. The molecule has 2 fully saturated rings. The second kappa shape index (κ2) is 13.4. The van der Waals surface area contributed by atoms with Gasteiger partial charge in [-0.3, -0.25) is 9.59 Å². The van der Waals surface area contributed by atoms with E-state index in [1.54, 1.807) is 11.0 Å². The van der Waals surface area contributed by atoms with Crippen LogP contribution in [0, 0.1) is 40.9 Å². The number of hydrogen-bond acceptors (Lipinski definition) is 5. The zero-order valence-corrected chi connectivity index (χ0v) is 25.7. The van der Waals surface area contributed by atoms with Crippen molar-refractivity contribution in [2.75, 3.05) is 4.90 Å². The number of hydrogen-bond donors (Lipinski definition) is 1. The topological polar surface area (TPSA) is 83.9 Å². The summed E-state index contributed by atoms with van der Waals surface area (Å²) < 4.78 is 5.88. The van der Waals surface area contributed by atoms with Gasteiger partial charge in [0.05, 0.1) is 16.5 Å². The zero-order chi connectivity index (χ0) is 28.9. The fourth-order valence-electron chi connectivity index (χ4n) is 5.50. The van der Waals surface area contributed by atoms with Gasteiger partial charge in [-0.05, 0) is 90.0 Å². The van der Waals surface area contributed by atoms with Gasteiger partial charge in [0.15, 0.2) is 0 Å². The quantitative estimate of drug-likeness (QED) is 0.264. The Morgan fingerprint density at radius 2 is 1.69 bits per heavy atom. The highest BCUT2D eigenvalue weighted by Gasteiger charge is 2.38. The number of thiophene rings is 1. The van der Waals surface area contributed by atoms with E-state index in [1.165, 1.54) is 0 Å². The third-order valence-electron chi connectivity index (χ3n) is 8.49. The van der Waals surface area contributed by atoms with Crippen molar-refractivity contribution >= 4 is 34.9 Å². The highest BCUT2D eigenvalue weighted by Crippen LogP contribution is 2.39. The molecule has 0 aliphatic heterocycles. The number of carbonyl (C=O) groups is 3. The van der Waals surface area contributed by atoms with Gasteiger partial charge in [-0.2, -0.15) is 0 Å². The summed E-state index contributed by atoms with van der Waals surface area (Å²) in [6.45, 7) is 14.3. The number of nitrogens with zero attached hydrogens (tertiary/aromatic N) is 1. The van der Waals surface area contributed by atoms with E-state index < -0.39 is 5.97 Å². The van der Waals surface area contributed by atoms with Gasteiger partial charge in [0.2, 0.25) is 5.91 Å². The maximum Gasteiger partial charge on any atom is 0.348 e. The molecule has 2 aliphatic rings. The largest absolute Gasteiger partial charge is 0.477 e. The van der Waals surface area contributed by atoms with Crippen molar-refractivity contribution in [2.24, 2.45) is 29.1 Å². The molecule has 6 nitrogen and oxygen atoms in total. The van der Waals surface area contributed by atoms with Crippen LogP contribution in [0.5, 0.6) is 0 Å². The summed E-state index contributed by atoms with van der Waals surface area (Å²) in [5.41, 5.74) is 0.254. The lowest BCUT2D eigenvalue weighted by molar-refractivity contribution is -0.157. The Hall–Kier alpha value is -2.33. The second-order valence-electron chi connectivity index (χ2n) is 12.8. The Bertz CT molecular complexity index is 1070. The predicted molar refractivity (Wildman–Crippen MR) is 157 cm³/mol. The minimum absolute atomic E-state index is 0.0309.